The van der Waals surface area contributed by atoms with Crippen LogP contribution in [-0.4, -0.2) is 9.55 Å². The van der Waals surface area contributed by atoms with E-state index in [1.165, 1.54) is 18.5 Å². The van der Waals surface area contributed by atoms with Crippen LogP contribution in [-0.2, 0) is 13.0 Å². The van der Waals surface area contributed by atoms with Crippen molar-refractivity contribution >= 4 is 15.9 Å². The lowest BCUT2D eigenvalue weighted by molar-refractivity contribution is 0.455. The minimum atomic E-state index is 0.593. The molecule has 0 aliphatic carbocycles. The molecule has 3 nitrogen and oxygen atoms in total. The zero-order chi connectivity index (χ0) is 11.8. The van der Waals surface area contributed by atoms with Gasteiger partial charge in [0, 0.05) is 6.54 Å². The molecule has 1 unspecified atom stereocenters. The lowest BCUT2D eigenvalue weighted by Gasteiger charge is -2.22. The maximum absolute atomic E-state index is 5.40. The van der Waals surface area contributed by atoms with Crippen molar-refractivity contribution in [2.24, 2.45) is 0 Å². The summed E-state index contributed by atoms with van der Waals surface area (Å²) >= 11 is 3.58. The summed E-state index contributed by atoms with van der Waals surface area (Å²) in [4.78, 5) is 4.64. The molecule has 0 saturated heterocycles. The Bertz CT molecular complexity index is 516. The maximum atomic E-state index is 5.40. The number of fused-ring (bicyclic) bond motifs is 1. The van der Waals surface area contributed by atoms with Crippen molar-refractivity contribution in [1.82, 2.24) is 9.55 Å². The van der Waals surface area contributed by atoms with Crippen LogP contribution in [0.2, 0.25) is 0 Å². The fourth-order valence-corrected chi connectivity index (χ4v) is 3.41. The van der Waals surface area contributed by atoms with Gasteiger partial charge in [0.05, 0.1) is 18.4 Å². The molecule has 0 N–H and O–H groups in total. The standard InChI is InChI=1S/C13H15BrN2O/c1-9-4-2-6-16-11(15-13(14)12(9)16)8-10-5-3-7-17-10/h3,5,7,9H,2,4,6,8H2,1H3. The third kappa shape index (κ3) is 1.95. The Hall–Kier alpha value is -1.03. The summed E-state index contributed by atoms with van der Waals surface area (Å²) in [5, 5.41) is 0. The summed E-state index contributed by atoms with van der Waals surface area (Å²) in [6.45, 7) is 3.35. The predicted molar refractivity (Wildman–Crippen MR) is 69.1 cm³/mol. The first kappa shape index (κ1) is 11.1. The van der Waals surface area contributed by atoms with Crippen molar-refractivity contribution in [2.45, 2.75) is 38.6 Å². The molecule has 1 aliphatic rings. The monoisotopic (exact) mass is 294 g/mol. The van der Waals surface area contributed by atoms with Crippen LogP contribution in [0.5, 0.6) is 0 Å². The molecule has 0 fully saturated rings. The summed E-state index contributed by atoms with van der Waals surface area (Å²) < 4.78 is 8.75. The summed E-state index contributed by atoms with van der Waals surface area (Å²) in [7, 11) is 0. The van der Waals surface area contributed by atoms with E-state index in [0.717, 1.165) is 29.2 Å². The highest BCUT2D eigenvalue weighted by atomic mass is 79.9. The Labute approximate surface area is 109 Å². The Morgan fingerprint density at radius 2 is 2.47 bits per heavy atom. The van der Waals surface area contributed by atoms with Crippen molar-refractivity contribution in [2.75, 3.05) is 0 Å². The third-order valence-electron chi connectivity index (χ3n) is 3.44. The molecule has 0 bridgehead atoms. The minimum absolute atomic E-state index is 0.593. The van der Waals surface area contributed by atoms with Crippen LogP contribution in [0.4, 0.5) is 0 Å². The number of furan rings is 1. The van der Waals surface area contributed by atoms with Gasteiger partial charge in [0.2, 0.25) is 0 Å². The highest BCUT2D eigenvalue weighted by Gasteiger charge is 2.24. The molecular weight excluding hydrogens is 280 g/mol. The van der Waals surface area contributed by atoms with Crippen molar-refractivity contribution < 1.29 is 4.42 Å². The highest BCUT2D eigenvalue weighted by molar-refractivity contribution is 9.10. The first-order chi connectivity index (χ1) is 8.25. The number of aromatic nitrogens is 2. The SMILES string of the molecule is CC1CCCn2c(Cc3ccco3)nc(Br)c21. The number of hydrogen-bond acceptors (Lipinski definition) is 2. The van der Waals surface area contributed by atoms with E-state index < -0.39 is 0 Å². The smallest absolute Gasteiger partial charge is 0.127 e. The number of nitrogens with zero attached hydrogens (tertiary/aromatic N) is 2. The van der Waals surface area contributed by atoms with Gasteiger partial charge in [-0.15, -0.1) is 0 Å². The molecule has 2 aromatic heterocycles. The van der Waals surface area contributed by atoms with Crippen molar-refractivity contribution in [1.29, 1.82) is 0 Å². The van der Waals surface area contributed by atoms with E-state index in [2.05, 4.69) is 32.4 Å². The van der Waals surface area contributed by atoms with E-state index >= 15 is 0 Å². The molecule has 0 aromatic carbocycles. The molecule has 1 aliphatic heterocycles. The summed E-state index contributed by atoms with van der Waals surface area (Å²) in [5.74, 6) is 2.67. The number of hydrogen-bond donors (Lipinski definition) is 0. The van der Waals surface area contributed by atoms with Gasteiger partial charge in [-0.05, 0) is 46.8 Å². The first-order valence-electron chi connectivity index (χ1n) is 6.03. The minimum Gasteiger partial charge on any atom is -0.469 e. The van der Waals surface area contributed by atoms with E-state index in [9.17, 15) is 0 Å². The fourth-order valence-electron chi connectivity index (χ4n) is 2.60. The van der Waals surface area contributed by atoms with Crippen LogP contribution >= 0.6 is 15.9 Å². The molecule has 90 valence electrons. The molecular formula is C13H15BrN2O. The summed E-state index contributed by atoms with van der Waals surface area (Å²) in [5.41, 5.74) is 1.35. The molecule has 4 heteroatoms. The maximum Gasteiger partial charge on any atom is 0.127 e. The lowest BCUT2D eigenvalue weighted by Crippen LogP contribution is -2.15. The summed E-state index contributed by atoms with van der Waals surface area (Å²) in [6.07, 6.45) is 4.98. The van der Waals surface area contributed by atoms with Crippen LogP contribution in [0.15, 0.2) is 27.4 Å². The molecule has 3 rings (SSSR count). The average Bonchev–Trinajstić information content (AvgIpc) is 2.90. The Morgan fingerprint density at radius 1 is 1.59 bits per heavy atom. The molecule has 0 amide bonds. The average molecular weight is 295 g/mol. The number of imidazole rings is 1. The molecule has 2 aromatic rings. The van der Waals surface area contributed by atoms with Gasteiger partial charge in [0.25, 0.3) is 0 Å². The van der Waals surface area contributed by atoms with Crippen LogP contribution in [0.3, 0.4) is 0 Å². The van der Waals surface area contributed by atoms with E-state index in [4.69, 9.17) is 4.42 Å². The zero-order valence-electron chi connectivity index (χ0n) is 9.82. The lowest BCUT2D eigenvalue weighted by atomic mass is 9.99. The fraction of sp³-hybridized carbons (Fsp3) is 0.462. The number of rotatable bonds is 2. The second-order valence-corrected chi connectivity index (χ2v) is 5.41. The van der Waals surface area contributed by atoms with E-state index in [1.54, 1.807) is 6.26 Å². The second-order valence-electron chi connectivity index (χ2n) is 4.66. The van der Waals surface area contributed by atoms with Gasteiger partial charge in [-0.2, -0.15) is 0 Å². The van der Waals surface area contributed by atoms with Gasteiger partial charge >= 0.3 is 0 Å². The summed E-state index contributed by atoms with van der Waals surface area (Å²) in [6, 6.07) is 3.93. The van der Waals surface area contributed by atoms with E-state index in [0.29, 0.717) is 5.92 Å². The molecule has 3 heterocycles. The molecule has 17 heavy (non-hydrogen) atoms. The quantitative estimate of drug-likeness (QED) is 0.845. The van der Waals surface area contributed by atoms with E-state index in [-0.39, 0.29) is 0 Å². The van der Waals surface area contributed by atoms with Gasteiger partial charge in [-0.1, -0.05) is 6.92 Å². The predicted octanol–water partition coefficient (Wildman–Crippen LogP) is 3.73. The first-order valence-corrected chi connectivity index (χ1v) is 6.82. The Morgan fingerprint density at radius 3 is 3.24 bits per heavy atom. The third-order valence-corrected chi connectivity index (χ3v) is 4.02. The van der Waals surface area contributed by atoms with Gasteiger partial charge in [-0.3, -0.25) is 0 Å². The van der Waals surface area contributed by atoms with Gasteiger partial charge in [0.1, 0.15) is 16.2 Å². The molecule has 1 atom stereocenters. The second kappa shape index (κ2) is 4.33. The largest absolute Gasteiger partial charge is 0.469 e. The molecule has 0 spiro atoms. The van der Waals surface area contributed by atoms with Crippen LogP contribution < -0.4 is 0 Å². The van der Waals surface area contributed by atoms with Gasteiger partial charge in [-0.25, -0.2) is 4.98 Å². The van der Waals surface area contributed by atoms with Gasteiger partial charge < -0.3 is 8.98 Å². The highest BCUT2D eigenvalue weighted by Crippen LogP contribution is 2.33. The topological polar surface area (TPSA) is 31.0 Å². The van der Waals surface area contributed by atoms with Crippen molar-refractivity contribution in [3.63, 3.8) is 0 Å². The molecule has 0 radical (unpaired) electrons. The Balaban J connectivity index is 1.98. The van der Waals surface area contributed by atoms with Crippen LogP contribution in [0.1, 0.15) is 43.0 Å². The zero-order valence-corrected chi connectivity index (χ0v) is 11.4. The van der Waals surface area contributed by atoms with Crippen LogP contribution in [0, 0.1) is 0 Å². The van der Waals surface area contributed by atoms with Crippen molar-refractivity contribution in [3.05, 3.63) is 40.3 Å². The van der Waals surface area contributed by atoms with Crippen molar-refractivity contribution in [3.8, 4) is 0 Å². The Kier molecular flexibility index (Phi) is 2.82. The normalized spacial score (nSPS) is 19.3. The molecule has 0 saturated carbocycles. The van der Waals surface area contributed by atoms with Crippen LogP contribution in [0.25, 0.3) is 0 Å². The number of halogens is 1. The van der Waals surface area contributed by atoms with E-state index in [1.807, 2.05) is 12.1 Å². The van der Waals surface area contributed by atoms with Gasteiger partial charge in [0.15, 0.2) is 0 Å².